The van der Waals surface area contributed by atoms with Gasteiger partial charge in [-0.25, -0.2) is 4.98 Å². The molecule has 27 heavy (non-hydrogen) atoms. The van der Waals surface area contributed by atoms with Gasteiger partial charge in [-0.05, 0) is 24.1 Å². The molecule has 6 nitrogen and oxygen atoms in total. The van der Waals surface area contributed by atoms with Crippen molar-refractivity contribution >= 4 is 57.3 Å². The lowest BCUT2D eigenvalue weighted by Crippen LogP contribution is -2.15. The number of benzene rings is 1. The molecule has 1 amide bonds. The van der Waals surface area contributed by atoms with Crippen molar-refractivity contribution in [3.05, 3.63) is 39.8 Å². The van der Waals surface area contributed by atoms with E-state index >= 15 is 0 Å². The van der Waals surface area contributed by atoms with E-state index in [0.717, 1.165) is 5.56 Å². The minimum Gasteiger partial charge on any atom is -0.302 e. The first kappa shape index (κ1) is 20.1. The molecule has 142 valence electrons. The zero-order valence-corrected chi connectivity index (χ0v) is 17.8. The molecule has 0 aliphatic heterocycles. The third-order valence-electron chi connectivity index (χ3n) is 3.45. The smallest absolute Gasteiger partial charge is 0.236 e. The maximum Gasteiger partial charge on any atom is 0.236 e. The van der Waals surface area contributed by atoms with Crippen molar-refractivity contribution in [2.45, 2.75) is 25.5 Å². The van der Waals surface area contributed by atoms with E-state index in [1.54, 1.807) is 18.3 Å². The Hall–Kier alpha value is -1.61. The highest BCUT2D eigenvalue weighted by atomic mass is 35.5. The minimum atomic E-state index is -0.139. The first-order valence-electron chi connectivity index (χ1n) is 8.15. The number of halogens is 2. The van der Waals surface area contributed by atoms with Gasteiger partial charge in [0.05, 0.1) is 10.8 Å². The van der Waals surface area contributed by atoms with Crippen molar-refractivity contribution < 1.29 is 4.79 Å². The second-order valence-corrected chi connectivity index (χ2v) is 8.79. The highest BCUT2D eigenvalue weighted by Crippen LogP contribution is 2.32. The predicted octanol–water partition coefficient (Wildman–Crippen LogP) is 5.10. The maximum atomic E-state index is 12.1. The zero-order chi connectivity index (χ0) is 19.4. The van der Waals surface area contributed by atoms with Crippen LogP contribution in [-0.4, -0.2) is 31.4 Å². The molecule has 0 aliphatic carbocycles. The van der Waals surface area contributed by atoms with Gasteiger partial charge in [-0.1, -0.05) is 48.8 Å². The quantitative estimate of drug-likeness (QED) is 0.516. The van der Waals surface area contributed by atoms with Crippen LogP contribution >= 0.6 is 46.3 Å². The Labute approximate surface area is 175 Å². The number of anilines is 1. The van der Waals surface area contributed by atoms with Crippen LogP contribution in [0.25, 0.3) is 11.4 Å². The Morgan fingerprint density at radius 1 is 1.33 bits per heavy atom. The maximum absolute atomic E-state index is 12.1. The summed E-state index contributed by atoms with van der Waals surface area (Å²) >= 11 is 15.0. The molecule has 1 aromatic carbocycles. The fraction of sp³-hybridized carbons (Fsp3) is 0.294. The fourth-order valence-electron chi connectivity index (χ4n) is 2.37. The number of thioether (sulfide) groups is 1. The lowest BCUT2D eigenvalue weighted by atomic mass is 10.2. The Bertz CT molecular complexity index is 928. The third-order valence-corrected chi connectivity index (χ3v) is 5.65. The number of carbonyl (C=O) groups excluding carboxylic acids is 1. The Morgan fingerprint density at radius 2 is 2.15 bits per heavy atom. The molecule has 2 aromatic heterocycles. The lowest BCUT2D eigenvalue weighted by molar-refractivity contribution is -0.113. The van der Waals surface area contributed by atoms with E-state index in [0.29, 0.717) is 38.6 Å². The summed E-state index contributed by atoms with van der Waals surface area (Å²) in [6.07, 6.45) is 1.65. The second kappa shape index (κ2) is 9.05. The van der Waals surface area contributed by atoms with Crippen LogP contribution in [0, 0.1) is 5.92 Å². The molecule has 3 rings (SSSR count). The van der Waals surface area contributed by atoms with Crippen LogP contribution < -0.4 is 5.32 Å². The van der Waals surface area contributed by atoms with E-state index in [1.807, 2.05) is 16.0 Å². The van der Waals surface area contributed by atoms with Crippen molar-refractivity contribution in [1.29, 1.82) is 0 Å². The van der Waals surface area contributed by atoms with Gasteiger partial charge in [-0.3, -0.25) is 4.79 Å². The molecular formula is C17H17Cl2N5OS2. The van der Waals surface area contributed by atoms with Crippen molar-refractivity contribution in [2.24, 2.45) is 5.92 Å². The molecule has 0 aliphatic rings. The molecule has 3 aromatic rings. The molecule has 0 fully saturated rings. The third kappa shape index (κ3) is 5.22. The van der Waals surface area contributed by atoms with Crippen LogP contribution in [0.5, 0.6) is 0 Å². The predicted molar refractivity (Wildman–Crippen MR) is 112 cm³/mol. The van der Waals surface area contributed by atoms with Gasteiger partial charge in [-0.15, -0.1) is 21.5 Å². The molecule has 0 unspecified atom stereocenters. The van der Waals surface area contributed by atoms with Crippen LogP contribution in [-0.2, 0) is 11.3 Å². The van der Waals surface area contributed by atoms with E-state index in [9.17, 15) is 4.79 Å². The van der Waals surface area contributed by atoms with Crippen molar-refractivity contribution in [1.82, 2.24) is 19.7 Å². The molecule has 2 heterocycles. The number of hydrogen-bond acceptors (Lipinski definition) is 6. The first-order valence-corrected chi connectivity index (χ1v) is 10.8. The highest BCUT2D eigenvalue weighted by Gasteiger charge is 2.18. The molecule has 1 N–H and O–H groups in total. The summed E-state index contributed by atoms with van der Waals surface area (Å²) in [4.78, 5) is 16.2. The van der Waals surface area contributed by atoms with E-state index < -0.39 is 0 Å². The van der Waals surface area contributed by atoms with E-state index in [4.69, 9.17) is 23.2 Å². The van der Waals surface area contributed by atoms with Gasteiger partial charge in [0.25, 0.3) is 0 Å². The second-order valence-electron chi connectivity index (χ2n) is 6.11. The summed E-state index contributed by atoms with van der Waals surface area (Å²) in [5, 5.41) is 15.5. The summed E-state index contributed by atoms with van der Waals surface area (Å²) in [5.41, 5.74) is 0.758. The number of carbonyl (C=O) groups is 1. The van der Waals surface area contributed by atoms with Crippen LogP contribution in [0.1, 0.15) is 13.8 Å². The molecule has 0 saturated carbocycles. The number of hydrogen-bond donors (Lipinski definition) is 1. The number of nitrogens with one attached hydrogen (secondary N) is 1. The Morgan fingerprint density at radius 3 is 2.81 bits per heavy atom. The van der Waals surface area contributed by atoms with Gasteiger partial charge in [0.15, 0.2) is 16.1 Å². The number of nitrogens with zero attached hydrogens (tertiary/aromatic N) is 4. The van der Waals surface area contributed by atoms with Crippen LogP contribution in [0.4, 0.5) is 5.13 Å². The summed E-state index contributed by atoms with van der Waals surface area (Å²) < 4.78 is 1.99. The number of thiazole rings is 1. The van der Waals surface area contributed by atoms with E-state index in [1.165, 1.54) is 23.1 Å². The van der Waals surface area contributed by atoms with Gasteiger partial charge in [-0.2, -0.15) is 0 Å². The van der Waals surface area contributed by atoms with Crippen LogP contribution in [0.2, 0.25) is 10.0 Å². The molecule has 0 radical (unpaired) electrons. The molecule has 0 bridgehead atoms. The first-order chi connectivity index (χ1) is 12.9. The van der Waals surface area contributed by atoms with Crippen molar-refractivity contribution in [3.63, 3.8) is 0 Å². The average Bonchev–Trinajstić information content (AvgIpc) is 3.23. The Balaban J connectivity index is 1.80. The van der Waals surface area contributed by atoms with Gasteiger partial charge >= 0.3 is 0 Å². The molecule has 0 saturated heterocycles. The summed E-state index contributed by atoms with van der Waals surface area (Å²) in [6, 6.07) is 5.28. The summed E-state index contributed by atoms with van der Waals surface area (Å²) in [7, 11) is 0. The van der Waals surface area contributed by atoms with E-state index in [2.05, 4.69) is 34.3 Å². The minimum absolute atomic E-state index is 0.139. The number of aromatic nitrogens is 4. The van der Waals surface area contributed by atoms with Crippen LogP contribution in [0.15, 0.2) is 34.9 Å². The molecule has 10 heteroatoms. The van der Waals surface area contributed by atoms with Crippen molar-refractivity contribution in [2.75, 3.05) is 11.1 Å². The largest absolute Gasteiger partial charge is 0.302 e. The van der Waals surface area contributed by atoms with Gasteiger partial charge < -0.3 is 9.88 Å². The fourth-order valence-corrected chi connectivity index (χ4v) is 4.15. The van der Waals surface area contributed by atoms with Crippen molar-refractivity contribution in [3.8, 4) is 11.4 Å². The van der Waals surface area contributed by atoms with Crippen LogP contribution in [0.3, 0.4) is 0 Å². The normalized spacial score (nSPS) is 11.1. The summed E-state index contributed by atoms with van der Waals surface area (Å²) in [6.45, 7) is 4.92. The van der Waals surface area contributed by atoms with Gasteiger partial charge in [0, 0.05) is 28.7 Å². The van der Waals surface area contributed by atoms with E-state index in [-0.39, 0.29) is 11.7 Å². The Kier molecular flexibility index (Phi) is 6.75. The standard InChI is InChI=1S/C17H17Cl2N5OS2/c1-10(2)8-24-15(12-4-3-11(18)7-13(12)19)22-23-17(24)27-9-14(25)21-16-20-5-6-26-16/h3-7,10H,8-9H2,1-2H3,(H,20,21,25). The summed E-state index contributed by atoms with van der Waals surface area (Å²) in [5.74, 6) is 1.10. The van der Waals surface area contributed by atoms with Gasteiger partial charge in [0.2, 0.25) is 5.91 Å². The SMILES string of the molecule is CC(C)Cn1c(SCC(=O)Nc2nccs2)nnc1-c1ccc(Cl)cc1Cl. The number of rotatable bonds is 7. The monoisotopic (exact) mass is 441 g/mol. The zero-order valence-electron chi connectivity index (χ0n) is 14.6. The molecule has 0 spiro atoms. The topological polar surface area (TPSA) is 72.7 Å². The highest BCUT2D eigenvalue weighted by molar-refractivity contribution is 7.99. The van der Waals surface area contributed by atoms with Gasteiger partial charge in [0.1, 0.15) is 0 Å². The lowest BCUT2D eigenvalue weighted by Gasteiger charge is -2.13. The number of amides is 1. The molecular weight excluding hydrogens is 425 g/mol. The average molecular weight is 442 g/mol. The molecule has 0 atom stereocenters.